The van der Waals surface area contributed by atoms with E-state index in [0.29, 0.717) is 39.4 Å². The molecule has 0 unspecified atom stereocenters. The molecule has 0 bridgehead atoms. The fourth-order valence-electron chi connectivity index (χ4n) is 2.22. The number of anilines is 2. The minimum atomic E-state index is -0.147. The van der Waals surface area contributed by atoms with E-state index in [4.69, 9.17) is 20.6 Å². The zero-order chi connectivity index (χ0) is 15.0. The highest BCUT2D eigenvalue weighted by atomic mass is 16.5. The predicted molar refractivity (Wildman–Crippen MR) is 83.3 cm³/mol. The fraction of sp³-hybridized carbons (Fsp3) is 0.0625. The molecule has 0 radical (unpaired) electrons. The van der Waals surface area contributed by atoms with Crippen molar-refractivity contribution < 1.29 is 9.15 Å². The van der Waals surface area contributed by atoms with Gasteiger partial charge < -0.3 is 20.6 Å². The Morgan fingerprint density at radius 3 is 2.38 bits per heavy atom. The predicted octanol–water partition coefficient (Wildman–Crippen LogP) is 2.63. The van der Waals surface area contributed by atoms with Crippen LogP contribution in [0.4, 0.5) is 11.4 Å². The van der Waals surface area contributed by atoms with E-state index in [2.05, 4.69) is 0 Å². The van der Waals surface area contributed by atoms with Crippen LogP contribution in [-0.2, 0) is 0 Å². The molecule has 3 aromatic rings. The highest BCUT2D eigenvalue weighted by molar-refractivity contribution is 5.81. The summed E-state index contributed by atoms with van der Waals surface area (Å²) < 4.78 is 10.9. The van der Waals surface area contributed by atoms with Crippen molar-refractivity contribution in [3.63, 3.8) is 0 Å². The number of benzene rings is 2. The van der Waals surface area contributed by atoms with Crippen LogP contribution in [0.2, 0.25) is 0 Å². The Labute approximate surface area is 120 Å². The van der Waals surface area contributed by atoms with Crippen molar-refractivity contribution in [3.05, 3.63) is 52.7 Å². The molecule has 3 rings (SSSR count). The van der Waals surface area contributed by atoms with E-state index in [-0.39, 0.29) is 5.43 Å². The first-order chi connectivity index (χ1) is 10.1. The lowest BCUT2D eigenvalue weighted by Gasteiger charge is -2.06. The lowest BCUT2D eigenvalue weighted by Crippen LogP contribution is -2.01. The molecule has 5 heteroatoms. The molecule has 4 N–H and O–H groups in total. The SMILES string of the molecule is COc1ccc2oc(-c3cc(N)cc(N)c3)cc(=O)c2c1. The molecule has 0 fully saturated rings. The molecule has 0 aliphatic rings. The number of fused-ring (bicyclic) bond motifs is 1. The summed E-state index contributed by atoms with van der Waals surface area (Å²) in [5.41, 5.74) is 13.6. The van der Waals surface area contributed by atoms with Gasteiger partial charge in [0.15, 0.2) is 5.43 Å². The van der Waals surface area contributed by atoms with Crippen molar-refractivity contribution >= 4 is 22.3 Å². The second-order valence-corrected chi connectivity index (χ2v) is 4.73. The summed E-state index contributed by atoms with van der Waals surface area (Å²) in [5, 5.41) is 0.468. The average molecular weight is 282 g/mol. The topological polar surface area (TPSA) is 91.5 Å². The molecule has 0 atom stereocenters. The van der Waals surface area contributed by atoms with Crippen LogP contribution in [0.15, 0.2) is 51.7 Å². The molecule has 21 heavy (non-hydrogen) atoms. The van der Waals surface area contributed by atoms with Crippen LogP contribution < -0.4 is 21.6 Å². The number of rotatable bonds is 2. The first-order valence-corrected chi connectivity index (χ1v) is 6.35. The van der Waals surface area contributed by atoms with Crippen molar-refractivity contribution in [3.8, 4) is 17.1 Å². The van der Waals surface area contributed by atoms with Crippen molar-refractivity contribution in [2.24, 2.45) is 0 Å². The highest BCUT2D eigenvalue weighted by Gasteiger charge is 2.09. The van der Waals surface area contributed by atoms with E-state index < -0.39 is 0 Å². The van der Waals surface area contributed by atoms with E-state index >= 15 is 0 Å². The molecule has 2 aromatic carbocycles. The van der Waals surface area contributed by atoms with Gasteiger partial charge in [0.05, 0.1) is 12.5 Å². The van der Waals surface area contributed by atoms with E-state index in [1.807, 2.05) is 0 Å². The highest BCUT2D eigenvalue weighted by Crippen LogP contribution is 2.27. The van der Waals surface area contributed by atoms with Crippen molar-refractivity contribution in [1.82, 2.24) is 0 Å². The van der Waals surface area contributed by atoms with Gasteiger partial charge in [-0.15, -0.1) is 0 Å². The van der Waals surface area contributed by atoms with Crippen LogP contribution >= 0.6 is 0 Å². The van der Waals surface area contributed by atoms with Crippen LogP contribution in [-0.4, -0.2) is 7.11 Å². The molecular formula is C16H14N2O3. The van der Waals surface area contributed by atoms with Gasteiger partial charge in [0.2, 0.25) is 0 Å². The van der Waals surface area contributed by atoms with Gasteiger partial charge in [0, 0.05) is 23.0 Å². The van der Waals surface area contributed by atoms with Gasteiger partial charge >= 0.3 is 0 Å². The van der Waals surface area contributed by atoms with Crippen LogP contribution in [0.1, 0.15) is 0 Å². The summed E-state index contributed by atoms with van der Waals surface area (Å²) in [5.74, 6) is 1.03. The third-order valence-electron chi connectivity index (χ3n) is 3.20. The Bertz CT molecular complexity index is 864. The standard InChI is InChI=1S/C16H14N2O3/c1-20-12-2-3-15-13(7-12)14(19)8-16(21-15)9-4-10(17)6-11(18)5-9/h2-8H,17-18H2,1H3. The van der Waals surface area contributed by atoms with Gasteiger partial charge in [-0.2, -0.15) is 0 Å². The smallest absolute Gasteiger partial charge is 0.193 e. The Balaban J connectivity index is 2.23. The van der Waals surface area contributed by atoms with Gasteiger partial charge in [0.25, 0.3) is 0 Å². The molecule has 0 aliphatic carbocycles. The van der Waals surface area contributed by atoms with Crippen LogP contribution in [0.5, 0.6) is 5.75 Å². The summed E-state index contributed by atoms with van der Waals surface area (Å²) >= 11 is 0. The van der Waals surface area contributed by atoms with Gasteiger partial charge in [-0.1, -0.05) is 0 Å². The first-order valence-electron chi connectivity index (χ1n) is 6.35. The molecule has 0 spiro atoms. The summed E-state index contributed by atoms with van der Waals surface area (Å²) in [6.45, 7) is 0. The van der Waals surface area contributed by atoms with E-state index in [0.717, 1.165) is 0 Å². The summed E-state index contributed by atoms with van der Waals surface area (Å²) in [6, 6.07) is 11.6. The Morgan fingerprint density at radius 1 is 1.00 bits per heavy atom. The van der Waals surface area contributed by atoms with Crippen molar-refractivity contribution in [2.75, 3.05) is 18.6 Å². The number of hydrogen-bond donors (Lipinski definition) is 2. The molecule has 106 valence electrons. The monoisotopic (exact) mass is 282 g/mol. The van der Waals surface area contributed by atoms with Crippen molar-refractivity contribution in [1.29, 1.82) is 0 Å². The largest absolute Gasteiger partial charge is 0.497 e. The van der Waals surface area contributed by atoms with E-state index in [1.54, 1.807) is 43.5 Å². The number of hydrogen-bond acceptors (Lipinski definition) is 5. The second-order valence-electron chi connectivity index (χ2n) is 4.73. The zero-order valence-electron chi connectivity index (χ0n) is 11.4. The number of ether oxygens (including phenoxy) is 1. The fourth-order valence-corrected chi connectivity index (χ4v) is 2.22. The summed E-state index contributed by atoms with van der Waals surface area (Å²) in [4.78, 5) is 12.2. The summed E-state index contributed by atoms with van der Waals surface area (Å²) in [6.07, 6.45) is 0. The van der Waals surface area contributed by atoms with Crippen LogP contribution in [0, 0.1) is 0 Å². The molecule has 1 heterocycles. The maximum Gasteiger partial charge on any atom is 0.193 e. The minimum Gasteiger partial charge on any atom is -0.497 e. The molecule has 0 saturated heterocycles. The molecule has 0 saturated carbocycles. The van der Waals surface area contributed by atoms with Crippen molar-refractivity contribution in [2.45, 2.75) is 0 Å². The minimum absolute atomic E-state index is 0.147. The second kappa shape index (κ2) is 4.86. The Kier molecular flexibility index (Phi) is 3.02. The van der Waals surface area contributed by atoms with E-state index in [9.17, 15) is 4.79 Å². The molecule has 5 nitrogen and oxygen atoms in total. The van der Waals surface area contributed by atoms with Gasteiger partial charge in [-0.3, -0.25) is 4.79 Å². The molecule has 0 amide bonds. The maximum absolute atomic E-state index is 12.2. The lowest BCUT2D eigenvalue weighted by atomic mass is 10.1. The third kappa shape index (κ3) is 2.41. The normalized spacial score (nSPS) is 10.7. The van der Waals surface area contributed by atoms with Gasteiger partial charge in [0.1, 0.15) is 17.1 Å². The number of nitrogens with two attached hydrogens (primary N) is 2. The molecule has 0 aliphatic heterocycles. The number of nitrogen functional groups attached to an aromatic ring is 2. The van der Waals surface area contributed by atoms with Crippen LogP contribution in [0.3, 0.4) is 0 Å². The molecule has 1 aromatic heterocycles. The first kappa shape index (κ1) is 13.1. The van der Waals surface area contributed by atoms with Gasteiger partial charge in [-0.25, -0.2) is 0 Å². The maximum atomic E-state index is 12.2. The Morgan fingerprint density at radius 2 is 1.71 bits per heavy atom. The average Bonchev–Trinajstić information content (AvgIpc) is 2.46. The van der Waals surface area contributed by atoms with Gasteiger partial charge in [-0.05, 0) is 36.4 Å². The zero-order valence-corrected chi connectivity index (χ0v) is 11.4. The third-order valence-corrected chi connectivity index (χ3v) is 3.20. The summed E-state index contributed by atoms with van der Waals surface area (Å²) in [7, 11) is 1.55. The number of methoxy groups -OCH3 is 1. The quantitative estimate of drug-likeness (QED) is 0.705. The van der Waals surface area contributed by atoms with E-state index in [1.165, 1.54) is 6.07 Å². The lowest BCUT2D eigenvalue weighted by molar-refractivity contribution is 0.415. The molecular weight excluding hydrogens is 268 g/mol. The Hall–Kier alpha value is -2.95. The van der Waals surface area contributed by atoms with Crippen LogP contribution in [0.25, 0.3) is 22.3 Å².